The second-order valence-electron chi connectivity index (χ2n) is 6.86. The Morgan fingerprint density at radius 1 is 1.20 bits per heavy atom. The van der Waals surface area contributed by atoms with Gasteiger partial charge >= 0.3 is 0 Å². The van der Waals surface area contributed by atoms with E-state index in [-0.39, 0.29) is 11.7 Å². The SMILES string of the molecule is CC[C@H](Nc1cc(F)c(C(=O)N[C@H](C)/C=C/S(C)(=O)=O)cc1F)c1ccccc1Cl. The highest BCUT2D eigenvalue weighted by Crippen LogP contribution is 2.30. The van der Waals surface area contributed by atoms with Crippen LogP contribution in [0.5, 0.6) is 0 Å². The third kappa shape index (κ3) is 6.53. The molecule has 1 amide bonds. The summed E-state index contributed by atoms with van der Waals surface area (Å²) in [7, 11) is -3.36. The number of nitrogens with one attached hydrogen (secondary N) is 2. The molecule has 0 bridgehead atoms. The topological polar surface area (TPSA) is 75.3 Å². The molecule has 0 aromatic heterocycles. The Bertz CT molecular complexity index is 1060. The van der Waals surface area contributed by atoms with Crippen molar-refractivity contribution in [2.45, 2.75) is 32.4 Å². The molecule has 0 radical (unpaired) electrons. The number of halogens is 3. The minimum Gasteiger partial charge on any atom is -0.376 e. The van der Waals surface area contributed by atoms with E-state index in [0.29, 0.717) is 11.4 Å². The van der Waals surface area contributed by atoms with Crippen molar-refractivity contribution in [1.29, 1.82) is 0 Å². The summed E-state index contributed by atoms with van der Waals surface area (Å²) < 4.78 is 51.4. The number of anilines is 1. The first kappa shape index (κ1) is 23.8. The van der Waals surface area contributed by atoms with E-state index >= 15 is 0 Å². The van der Waals surface area contributed by atoms with E-state index < -0.39 is 39.0 Å². The quantitative estimate of drug-likeness (QED) is 0.595. The van der Waals surface area contributed by atoms with Crippen molar-refractivity contribution >= 4 is 33.0 Å². The van der Waals surface area contributed by atoms with Crippen LogP contribution in [0.4, 0.5) is 14.5 Å². The fourth-order valence-corrected chi connectivity index (χ4v) is 3.56. The number of hydrogen-bond acceptors (Lipinski definition) is 4. The van der Waals surface area contributed by atoms with Crippen LogP contribution in [0.3, 0.4) is 0 Å². The van der Waals surface area contributed by atoms with Gasteiger partial charge in [-0.25, -0.2) is 17.2 Å². The van der Waals surface area contributed by atoms with Crippen LogP contribution in [0.25, 0.3) is 0 Å². The molecule has 0 aliphatic heterocycles. The summed E-state index contributed by atoms with van der Waals surface area (Å²) in [6, 6.07) is 7.76. The molecule has 162 valence electrons. The molecule has 2 rings (SSSR count). The molecule has 2 N–H and O–H groups in total. The van der Waals surface area contributed by atoms with Gasteiger partial charge in [0.2, 0.25) is 0 Å². The zero-order valence-electron chi connectivity index (χ0n) is 16.7. The Morgan fingerprint density at radius 3 is 2.47 bits per heavy atom. The molecule has 2 atom stereocenters. The van der Waals surface area contributed by atoms with Crippen molar-refractivity contribution in [3.8, 4) is 0 Å². The van der Waals surface area contributed by atoms with Crippen LogP contribution in [0.1, 0.15) is 42.2 Å². The fraction of sp³-hybridized carbons (Fsp3) is 0.286. The molecule has 0 saturated carbocycles. The van der Waals surface area contributed by atoms with Crippen LogP contribution < -0.4 is 10.6 Å². The van der Waals surface area contributed by atoms with E-state index in [1.54, 1.807) is 24.3 Å². The van der Waals surface area contributed by atoms with Gasteiger partial charge < -0.3 is 10.6 Å². The smallest absolute Gasteiger partial charge is 0.254 e. The van der Waals surface area contributed by atoms with Crippen molar-refractivity contribution in [2.24, 2.45) is 0 Å². The van der Waals surface area contributed by atoms with Gasteiger partial charge in [0.05, 0.1) is 17.3 Å². The Kier molecular flexibility index (Phi) is 7.97. The van der Waals surface area contributed by atoms with Gasteiger partial charge in [-0.3, -0.25) is 4.79 Å². The van der Waals surface area contributed by atoms with Crippen LogP contribution in [-0.4, -0.2) is 26.6 Å². The Hall–Kier alpha value is -2.45. The van der Waals surface area contributed by atoms with Crippen molar-refractivity contribution in [3.63, 3.8) is 0 Å². The highest BCUT2D eigenvalue weighted by atomic mass is 35.5. The molecule has 0 fully saturated rings. The highest BCUT2D eigenvalue weighted by molar-refractivity contribution is 7.93. The lowest BCUT2D eigenvalue weighted by molar-refractivity contribution is 0.0942. The normalized spacial score (nSPS) is 13.8. The molecule has 0 heterocycles. The minimum atomic E-state index is -3.36. The molecule has 0 aliphatic rings. The summed E-state index contributed by atoms with van der Waals surface area (Å²) in [5.74, 6) is -2.57. The molecule has 30 heavy (non-hydrogen) atoms. The van der Waals surface area contributed by atoms with Crippen molar-refractivity contribution < 1.29 is 22.0 Å². The van der Waals surface area contributed by atoms with Crippen LogP contribution >= 0.6 is 11.6 Å². The van der Waals surface area contributed by atoms with Gasteiger partial charge in [-0.1, -0.05) is 42.8 Å². The standard InChI is InChI=1S/C21H23ClF2N2O3S/c1-4-19(14-7-5-6-8-16(14)22)26-20-12-17(23)15(11-18(20)24)21(27)25-13(2)9-10-30(3,28)29/h5-13,19,26H,4H2,1-3H3,(H,25,27)/b10-9+/t13-,19+/m1/s1. The van der Waals surface area contributed by atoms with Crippen LogP contribution in [0.15, 0.2) is 47.9 Å². The Labute approximate surface area is 180 Å². The Morgan fingerprint density at radius 2 is 1.87 bits per heavy atom. The van der Waals surface area contributed by atoms with Crippen molar-refractivity contribution in [1.82, 2.24) is 5.32 Å². The molecule has 0 spiro atoms. The molecule has 0 unspecified atom stereocenters. The lowest BCUT2D eigenvalue weighted by Crippen LogP contribution is -2.32. The van der Waals surface area contributed by atoms with Crippen LogP contribution in [0, 0.1) is 11.6 Å². The average Bonchev–Trinajstić information content (AvgIpc) is 2.66. The number of sulfone groups is 1. The van der Waals surface area contributed by atoms with Crippen molar-refractivity contribution in [3.05, 3.63) is 75.7 Å². The number of rotatable bonds is 8. The van der Waals surface area contributed by atoms with Gasteiger partial charge in [0.15, 0.2) is 9.84 Å². The van der Waals surface area contributed by atoms with Gasteiger partial charge in [-0.15, -0.1) is 0 Å². The summed E-state index contributed by atoms with van der Waals surface area (Å²) in [5.41, 5.74) is 0.166. The molecule has 0 aliphatic carbocycles. The van der Waals surface area contributed by atoms with E-state index in [9.17, 15) is 22.0 Å². The third-order valence-electron chi connectivity index (χ3n) is 4.29. The summed E-state index contributed by atoms with van der Waals surface area (Å²) in [6.45, 7) is 3.39. The molecule has 9 heteroatoms. The van der Waals surface area contributed by atoms with Gasteiger partial charge in [-0.2, -0.15) is 0 Å². The first-order valence-electron chi connectivity index (χ1n) is 9.21. The maximum absolute atomic E-state index is 14.6. The van der Waals surface area contributed by atoms with E-state index in [1.165, 1.54) is 13.0 Å². The first-order chi connectivity index (χ1) is 14.0. The fourth-order valence-electron chi connectivity index (χ4n) is 2.77. The summed E-state index contributed by atoms with van der Waals surface area (Å²) >= 11 is 6.20. The number of benzene rings is 2. The van der Waals surface area contributed by atoms with Gasteiger partial charge in [0, 0.05) is 28.8 Å². The lowest BCUT2D eigenvalue weighted by atomic mass is 10.0. The molecule has 2 aromatic rings. The molecule has 5 nitrogen and oxygen atoms in total. The average molecular weight is 457 g/mol. The Balaban J connectivity index is 2.21. The monoisotopic (exact) mass is 456 g/mol. The van der Waals surface area contributed by atoms with E-state index in [2.05, 4.69) is 10.6 Å². The van der Waals surface area contributed by atoms with Gasteiger partial charge in [0.25, 0.3) is 5.91 Å². The lowest BCUT2D eigenvalue weighted by Gasteiger charge is -2.21. The van der Waals surface area contributed by atoms with E-state index in [1.807, 2.05) is 6.92 Å². The summed E-state index contributed by atoms with van der Waals surface area (Å²) in [5, 5.41) is 6.77. The van der Waals surface area contributed by atoms with Gasteiger partial charge in [-0.05, 0) is 31.0 Å². The zero-order chi connectivity index (χ0) is 22.5. The molecule has 2 aromatic carbocycles. The largest absolute Gasteiger partial charge is 0.376 e. The third-order valence-corrected chi connectivity index (χ3v) is 5.29. The van der Waals surface area contributed by atoms with Crippen LogP contribution in [0.2, 0.25) is 5.02 Å². The zero-order valence-corrected chi connectivity index (χ0v) is 18.3. The maximum Gasteiger partial charge on any atom is 0.254 e. The van der Waals surface area contributed by atoms with Crippen LogP contribution in [-0.2, 0) is 9.84 Å². The summed E-state index contributed by atoms with van der Waals surface area (Å²) in [4.78, 5) is 12.3. The van der Waals surface area contributed by atoms with E-state index in [0.717, 1.165) is 29.4 Å². The molecule has 0 saturated heterocycles. The van der Waals surface area contributed by atoms with Crippen molar-refractivity contribution in [2.75, 3.05) is 11.6 Å². The predicted molar refractivity (Wildman–Crippen MR) is 115 cm³/mol. The number of amides is 1. The van der Waals surface area contributed by atoms with Gasteiger partial charge in [0.1, 0.15) is 11.6 Å². The molecular weight excluding hydrogens is 434 g/mol. The predicted octanol–water partition coefficient (Wildman–Crippen LogP) is 4.86. The highest BCUT2D eigenvalue weighted by Gasteiger charge is 2.20. The first-order valence-corrected chi connectivity index (χ1v) is 11.5. The summed E-state index contributed by atoms with van der Waals surface area (Å²) in [6.07, 6.45) is 2.81. The molecular formula is C21H23ClF2N2O3S. The second kappa shape index (κ2) is 10.0. The number of carbonyl (C=O) groups excluding carboxylic acids is 1. The minimum absolute atomic E-state index is 0.0964. The second-order valence-corrected chi connectivity index (χ2v) is 9.20. The maximum atomic E-state index is 14.6. The number of hydrogen-bond donors (Lipinski definition) is 2. The van der Waals surface area contributed by atoms with E-state index in [4.69, 9.17) is 11.6 Å². The number of carbonyl (C=O) groups is 1.